The number of aromatic nitrogens is 2. The van der Waals surface area contributed by atoms with Crippen LogP contribution in [-0.2, 0) is 13.2 Å². The third kappa shape index (κ3) is 5.03. The lowest BCUT2D eigenvalue weighted by molar-refractivity contribution is -0.143. The molecule has 3 rings (SSSR count). The Morgan fingerprint density at radius 1 is 1.14 bits per heavy atom. The van der Waals surface area contributed by atoms with Gasteiger partial charge in [-0.05, 0) is 25.1 Å². The van der Waals surface area contributed by atoms with Crippen LogP contribution in [0.5, 0.6) is 0 Å². The van der Waals surface area contributed by atoms with Gasteiger partial charge in [0, 0.05) is 51.5 Å². The Kier molecular flexibility index (Phi) is 6.23. The van der Waals surface area contributed by atoms with Crippen molar-refractivity contribution in [2.75, 3.05) is 44.2 Å². The molecule has 1 aliphatic rings. The lowest BCUT2D eigenvalue weighted by atomic mass is 10.2. The van der Waals surface area contributed by atoms with Crippen LogP contribution < -0.4 is 10.2 Å². The van der Waals surface area contributed by atoms with Crippen molar-refractivity contribution in [3.63, 3.8) is 0 Å². The molecule has 0 aliphatic carbocycles. The summed E-state index contributed by atoms with van der Waals surface area (Å²) in [6, 6.07) is 11.0. The van der Waals surface area contributed by atoms with Crippen LogP contribution in [0.4, 0.5) is 18.9 Å². The Balaban J connectivity index is 1.38. The molecule has 152 valence electrons. The van der Waals surface area contributed by atoms with Crippen LogP contribution in [0.25, 0.3) is 0 Å². The molecular formula is C19H24F3N5O. The summed E-state index contributed by atoms with van der Waals surface area (Å²) < 4.78 is 39.0. The molecule has 0 atom stereocenters. The Morgan fingerprint density at radius 2 is 1.82 bits per heavy atom. The molecule has 9 heteroatoms. The molecule has 0 spiro atoms. The van der Waals surface area contributed by atoms with Gasteiger partial charge in [-0.3, -0.25) is 14.4 Å². The predicted octanol–water partition coefficient (Wildman–Crippen LogP) is 2.38. The molecule has 2 aromatic rings. The number of hydrogen-bond donors (Lipinski definition) is 1. The molecule has 1 N–H and O–H groups in total. The molecule has 6 nitrogen and oxygen atoms in total. The van der Waals surface area contributed by atoms with Crippen molar-refractivity contribution >= 4 is 11.6 Å². The second kappa shape index (κ2) is 8.64. The van der Waals surface area contributed by atoms with Crippen LogP contribution in [0, 0.1) is 0 Å². The van der Waals surface area contributed by atoms with E-state index in [1.807, 2.05) is 18.2 Å². The number of para-hydroxylation sites is 1. The summed E-state index contributed by atoms with van der Waals surface area (Å²) in [6.07, 6.45) is -3.79. The summed E-state index contributed by atoms with van der Waals surface area (Å²) in [4.78, 5) is 16.7. The summed E-state index contributed by atoms with van der Waals surface area (Å²) in [5.41, 5.74) is 0.0724. The van der Waals surface area contributed by atoms with Crippen LogP contribution in [0.2, 0.25) is 0 Å². The van der Waals surface area contributed by atoms with Gasteiger partial charge in [0.1, 0.15) is 5.69 Å². The highest BCUT2D eigenvalue weighted by atomic mass is 19.4. The summed E-state index contributed by atoms with van der Waals surface area (Å²) >= 11 is 0. The fourth-order valence-corrected chi connectivity index (χ4v) is 3.31. The van der Waals surface area contributed by atoms with E-state index < -0.39 is 17.8 Å². The van der Waals surface area contributed by atoms with Crippen LogP contribution in [0.1, 0.15) is 22.6 Å². The first kappa shape index (κ1) is 20.2. The zero-order chi connectivity index (χ0) is 20.1. The third-order valence-electron chi connectivity index (χ3n) is 4.83. The normalized spacial score (nSPS) is 15.6. The minimum absolute atomic E-state index is 0.216. The highest BCUT2D eigenvalue weighted by Crippen LogP contribution is 2.29. The number of rotatable bonds is 6. The first-order valence-electron chi connectivity index (χ1n) is 9.26. The van der Waals surface area contributed by atoms with E-state index in [0.717, 1.165) is 45.2 Å². The molecule has 0 radical (unpaired) electrons. The van der Waals surface area contributed by atoms with Crippen molar-refractivity contribution in [3.8, 4) is 0 Å². The first-order valence-corrected chi connectivity index (χ1v) is 9.26. The highest BCUT2D eigenvalue weighted by molar-refractivity contribution is 5.92. The summed E-state index contributed by atoms with van der Waals surface area (Å²) in [7, 11) is 1.18. The molecule has 0 bridgehead atoms. The van der Waals surface area contributed by atoms with E-state index >= 15 is 0 Å². The number of anilines is 1. The van der Waals surface area contributed by atoms with Crippen molar-refractivity contribution in [1.82, 2.24) is 20.0 Å². The monoisotopic (exact) mass is 395 g/mol. The second-order valence-electron chi connectivity index (χ2n) is 6.81. The number of aryl methyl sites for hydroxylation is 1. The van der Waals surface area contributed by atoms with E-state index in [-0.39, 0.29) is 5.69 Å². The topological polar surface area (TPSA) is 53.4 Å². The first-order chi connectivity index (χ1) is 13.3. The molecule has 0 saturated carbocycles. The summed E-state index contributed by atoms with van der Waals surface area (Å²) in [6.45, 7) is 5.01. The Bertz CT molecular complexity index is 783. The Morgan fingerprint density at radius 3 is 2.43 bits per heavy atom. The standard InChI is InChI=1S/C19H24F3N5O/c1-25-17(19(20,21)22)14-16(24-25)18(28)23-8-5-9-26-10-12-27(13-11-26)15-6-3-2-4-7-15/h2-4,6-7,14H,5,8-13H2,1H3,(H,23,28). The van der Waals surface area contributed by atoms with E-state index in [0.29, 0.717) is 11.2 Å². The molecule has 28 heavy (non-hydrogen) atoms. The lowest BCUT2D eigenvalue weighted by Gasteiger charge is -2.36. The molecule has 1 saturated heterocycles. The van der Waals surface area contributed by atoms with Gasteiger partial charge in [-0.1, -0.05) is 18.2 Å². The number of nitrogens with zero attached hydrogens (tertiary/aromatic N) is 4. The molecule has 1 aromatic heterocycles. The maximum Gasteiger partial charge on any atom is 0.433 e. The molecule has 2 heterocycles. The molecular weight excluding hydrogens is 371 g/mol. The molecule has 1 aliphatic heterocycles. The van der Waals surface area contributed by atoms with Crippen LogP contribution in [0.3, 0.4) is 0 Å². The fourth-order valence-electron chi connectivity index (χ4n) is 3.31. The smallest absolute Gasteiger partial charge is 0.369 e. The van der Waals surface area contributed by atoms with Crippen LogP contribution in [-0.4, -0.2) is 59.9 Å². The maximum atomic E-state index is 12.8. The summed E-state index contributed by atoms with van der Waals surface area (Å²) in [5, 5.41) is 6.30. The Hall–Kier alpha value is -2.55. The largest absolute Gasteiger partial charge is 0.433 e. The highest BCUT2D eigenvalue weighted by Gasteiger charge is 2.35. The van der Waals surface area contributed by atoms with Gasteiger partial charge in [0.05, 0.1) is 0 Å². The summed E-state index contributed by atoms with van der Waals surface area (Å²) in [5.74, 6) is -0.583. The average Bonchev–Trinajstić information content (AvgIpc) is 3.08. The number of carbonyl (C=O) groups is 1. The van der Waals surface area contributed by atoms with E-state index in [1.54, 1.807) is 0 Å². The predicted molar refractivity (Wildman–Crippen MR) is 100 cm³/mol. The number of halogens is 3. The number of carbonyl (C=O) groups excluding carboxylic acids is 1. The number of amides is 1. The number of hydrogen-bond acceptors (Lipinski definition) is 4. The number of nitrogens with one attached hydrogen (secondary N) is 1. The van der Waals surface area contributed by atoms with Gasteiger partial charge in [0.25, 0.3) is 5.91 Å². The zero-order valence-electron chi connectivity index (χ0n) is 15.7. The minimum atomic E-state index is -4.53. The van der Waals surface area contributed by atoms with E-state index in [1.165, 1.54) is 12.7 Å². The van der Waals surface area contributed by atoms with Gasteiger partial charge in [0.15, 0.2) is 5.69 Å². The van der Waals surface area contributed by atoms with Crippen molar-refractivity contribution in [2.24, 2.45) is 7.05 Å². The van der Waals surface area contributed by atoms with Crippen molar-refractivity contribution < 1.29 is 18.0 Å². The van der Waals surface area contributed by atoms with Gasteiger partial charge in [-0.25, -0.2) is 0 Å². The number of alkyl halides is 3. The quantitative estimate of drug-likeness (QED) is 0.764. The van der Waals surface area contributed by atoms with Gasteiger partial charge in [-0.2, -0.15) is 18.3 Å². The number of benzene rings is 1. The van der Waals surface area contributed by atoms with Crippen molar-refractivity contribution in [1.29, 1.82) is 0 Å². The molecule has 1 amide bonds. The molecule has 1 fully saturated rings. The maximum absolute atomic E-state index is 12.8. The van der Waals surface area contributed by atoms with E-state index in [2.05, 4.69) is 32.3 Å². The zero-order valence-corrected chi connectivity index (χ0v) is 15.7. The van der Waals surface area contributed by atoms with Crippen LogP contribution >= 0.6 is 0 Å². The molecule has 1 aromatic carbocycles. The average molecular weight is 395 g/mol. The third-order valence-corrected chi connectivity index (χ3v) is 4.83. The van der Waals surface area contributed by atoms with Crippen LogP contribution in [0.15, 0.2) is 36.4 Å². The van der Waals surface area contributed by atoms with Gasteiger partial charge >= 0.3 is 6.18 Å². The second-order valence-corrected chi connectivity index (χ2v) is 6.81. The van der Waals surface area contributed by atoms with E-state index in [4.69, 9.17) is 0 Å². The van der Waals surface area contributed by atoms with Gasteiger partial charge in [-0.15, -0.1) is 0 Å². The fraction of sp³-hybridized carbons (Fsp3) is 0.474. The van der Waals surface area contributed by atoms with E-state index in [9.17, 15) is 18.0 Å². The lowest BCUT2D eigenvalue weighted by Crippen LogP contribution is -2.47. The minimum Gasteiger partial charge on any atom is -0.369 e. The van der Waals surface area contributed by atoms with Crippen molar-refractivity contribution in [2.45, 2.75) is 12.6 Å². The Labute approximate surface area is 161 Å². The molecule has 0 unspecified atom stereocenters. The number of piperazine rings is 1. The van der Waals surface area contributed by atoms with Gasteiger partial charge < -0.3 is 10.2 Å². The van der Waals surface area contributed by atoms with Gasteiger partial charge in [0.2, 0.25) is 0 Å². The van der Waals surface area contributed by atoms with Crippen molar-refractivity contribution in [3.05, 3.63) is 47.8 Å². The SMILES string of the molecule is Cn1nc(C(=O)NCCCN2CCN(c3ccccc3)CC2)cc1C(F)(F)F.